The predicted molar refractivity (Wildman–Crippen MR) is 96.8 cm³/mol. The quantitative estimate of drug-likeness (QED) is 0.820. The molecule has 1 saturated carbocycles. The van der Waals surface area contributed by atoms with Crippen molar-refractivity contribution < 1.29 is 9.59 Å². The van der Waals surface area contributed by atoms with Crippen molar-refractivity contribution in [2.45, 2.75) is 25.4 Å². The fourth-order valence-corrected chi connectivity index (χ4v) is 3.20. The monoisotopic (exact) mass is 340 g/mol. The molecule has 0 radical (unpaired) electrons. The molecule has 0 bridgehead atoms. The standard InChI is InChI=1S/C19H20N2O2S/c1-20-19(23)15-7-4-14(5-8-15)6-11-18(22)21(16-9-10-16)13-17-3-2-12-24-17/h2-8,11-12,16H,9-10,13H2,1H3,(H,20,23)/b11-6+. The van der Waals surface area contributed by atoms with Crippen LogP contribution in [0, 0.1) is 0 Å². The molecule has 0 unspecified atom stereocenters. The maximum Gasteiger partial charge on any atom is 0.251 e. The van der Waals surface area contributed by atoms with E-state index in [-0.39, 0.29) is 11.8 Å². The summed E-state index contributed by atoms with van der Waals surface area (Å²) in [5.41, 5.74) is 1.51. The second-order valence-corrected chi connectivity index (χ2v) is 6.84. The van der Waals surface area contributed by atoms with Crippen molar-refractivity contribution in [3.8, 4) is 0 Å². The van der Waals surface area contributed by atoms with E-state index >= 15 is 0 Å². The lowest BCUT2D eigenvalue weighted by Crippen LogP contribution is -2.30. The number of nitrogens with zero attached hydrogens (tertiary/aromatic N) is 1. The van der Waals surface area contributed by atoms with Crippen molar-refractivity contribution in [1.29, 1.82) is 0 Å². The Morgan fingerprint density at radius 3 is 2.58 bits per heavy atom. The summed E-state index contributed by atoms with van der Waals surface area (Å²) in [7, 11) is 1.61. The van der Waals surface area contributed by atoms with Crippen LogP contribution >= 0.6 is 11.3 Å². The lowest BCUT2D eigenvalue weighted by atomic mass is 10.1. The van der Waals surface area contributed by atoms with Gasteiger partial charge in [0.2, 0.25) is 5.91 Å². The number of carbonyl (C=O) groups is 2. The second kappa shape index (κ2) is 7.45. The third kappa shape index (κ3) is 4.11. The molecule has 0 atom stereocenters. The van der Waals surface area contributed by atoms with Gasteiger partial charge in [0.05, 0.1) is 6.54 Å². The van der Waals surface area contributed by atoms with E-state index < -0.39 is 0 Å². The summed E-state index contributed by atoms with van der Waals surface area (Å²) >= 11 is 1.68. The lowest BCUT2D eigenvalue weighted by Gasteiger charge is -2.19. The maximum absolute atomic E-state index is 12.5. The first-order valence-corrected chi connectivity index (χ1v) is 8.88. The van der Waals surface area contributed by atoms with Crippen LogP contribution in [0.4, 0.5) is 0 Å². The Labute approximate surface area is 145 Å². The Morgan fingerprint density at radius 1 is 1.25 bits per heavy atom. The number of hydrogen-bond acceptors (Lipinski definition) is 3. The molecule has 1 aliphatic carbocycles. The Morgan fingerprint density at radius 2 is 2.00 bits per heavy atom. The summed E-state index contributed by atoms with van der Waals surface area (Å²) in [6.45, 7) is 0.682. The molecular formula is C19H20N2O2S. The molecule has 24 heavy (non-hydrogen) atoms. The molecular weight excluding hydrogens is 320 g/mol. The zero-order valence-electron chi connectivity index (χ0n) is 13.6. The van der Waals surface area contributed by atoms with Gasteiger partial charge in [-0.1, -0.05) is 18.2 Å². The number of amides is 2. The maximum atomic E-state index is 12.5. The van der Waals surface area contributed by atoms with Crippen molar-refractivity contribution >= 4 is 29.2 Å². The van der Waals surface area contributed by atoms with Gasteiger partial charge in [-0.15, -0.1) is 11.3 Å². The van der Waals surface area contributed by atoms with Gasteiger partial charge < -0.3 is 10.2 Å². The topological polar surface area (TPSA) is 49.4 Å². The van der Waals surface area contributed by atoms with Crippen molar-refractivity contribution in [3.63, 3.8) is 0 Å². The molecule has 1 aliphatic rings. The van der Waals surface area contributed by atoms with Crippen LogP contribution in [0.25, 0.3) is 6.08 Å². The zero-order valence-corrected chi connectivity index (χ0v) is 14.4. The van der Waals surface area contributed by atoms with Crippen LogP contribution in [0.1, 0.15) is 33.6 Å². The van der Waals surface area contributed by atoms with Gasteiger partial charge in [0.15, 0.2) is 0 Å². The molecule has 2 amide bonds. The number of carbonyl (C=O) groups excluding carboxylic acids is 2. The van der Waals surface area contributed by atoms with E-state index in [1.54, 1.807) is 42.7 Å². The van der Waals surface area contributed by atoms with Crippen molar-refractivity contribution in [2.24, 2.45) is 0 Å². The van der Waals surface area contributed by atoms with E-state index in [0.29, 0.717) is 18.2 Å². The molecule has 0 spiro atoms. The van der Waals surface area contributed by atoms with Crippen LogP contribution in [-0.4, -0.2) is 29.8 Å². The highest BCUT2D eigenvalue weighted by atomic mass is 32.1. The van der Waals surface area contributed by atoms with Crippen molar-refractivity contribution in [3.05, 3.63) is 63.9 Å². The highest BCUT2D eigenvalue weighted by Crippen LogP contribution is 2.29. The number of nitrogens with one attached hydrogen (secondary N) is 1. The fourth-order valence-electron chi connectivity index (χ4n) is 2.50. The molecule has 124 valence electrons. The normalized spacial score (nSPS) is 13.9. The number of thiophene rings is 1. The third-order valence-corrected chi connectivity index (χ3v) is 4.86. The summed E-state index contributed by atoms with van der Waals surface area (Å²) in [6.07, 6.45) is 5.61. The zero-order chi connectivity index (χ0) is 16.9. The summed E-state index contributed by atoms with van der Waals surface area (Å²) in [6, 6.07) is 11.7. The van der Waals surface area contributed by atoms with E-state index in [1.807, 2.05) is 28.5 Å². The summed E-state index contributed by atoms with van der Waals surface area (Å²) in [5, 5.41) is 4.63. The first kappa shape index (κ1) is 16.5. The predicted octanol–water partition coefficient (Wildman–Crippen LogP) is 3.31. The molecule has 1 aromatic heterocycles. The van der Waals surface area contributed by atoms with Gasteiger partial charge in [0.1, 0.15) is 0 Å². The first-order chi connectivity index (χ1) is 11.7. The van der Waals surface area contributed by atoms with Gasteiger partial charge in [-0.2, -0.15) is 0 Å². The van der Waals surface area contributed by atoms with Gasteiger partial charge in [0.25, 0.3) is 5.91 Å². The van der Waals surface area contributed by atoms with E-state index in [1.165, 1.54) is 4.88 Å². The highest BCUT2D eigenvalue weighted by molar-refractivity contribution is 7.09. The molecule has 1 aromatic carbocycles. The Bertz CT molecular complexity index is 731. The highest BCUT2D eigenvalue weighted by Gasteiger charge is 2.31. The number of benzene rings is 1. The van der Waals surface area contributed by atoms with Gasteiger partial charge in [-0.3, -0.25) is 9.59 Å². The van der Waals surface area contributed by atoms with Crippen LogP contribution in [-0.2, 0) is 11.3 Å². The molecule has 5 heteroatoms. The average Bonchev–Trinajstić information content (AvgIpc) is 3.33. The van der Waals surface area contributed by atoms with Crippen molar-refractivity contribution in [2.75, 3.05) is 7.05 Å². The van der Waals surface area contributed by atoms with Gasteiger partial charge in [-0.05, 0) is 48.1 Å². The minimum absolute atomic E-state index is 0.0428. The second-order valence-electron chi connectivity index (χ2n) is 5.81. The van der Waals surface area contributed by atoms with E-state index in [0.717, 1.165) is 18.4 Å². The van der Waals surface area contributed by atoms with Gasteiger partial charge in [-0.25, -0.2) is 0 Å². The van der Waals surface area contributed by atoms with Crippen LogP contribution in [0.2, 0.25) is 0 Å². The van der Waals surface area contributed by atoms with Crippen molar-refractivity contribution in [1.82, 2.24) is 10.2 Å². The van der Waals surface area contributed by atoms with Gasteiger partial charge in [0, 0.05) is 29.6 Å². The molecule has 4 nitrogen and oxygen atoms in total. The first-order valence-electron chi connectivity index (χ1n) is 8.00. The smallest absolute Gasteiger partial charge is 0.251 e. The summed E-state index contributed by atoms with van der Waals surface area (Å²) < 4.78 is 0. The fraction of sp³-hybridized carbons (Fsp3) is 0.263. The summed E-state index contributed by atoms with van der Waals surface area (Å²) in [5.74, 6) is -0.0706. The van der Waals surface area contributed by atoms with Gasteiger partial charge >= 0.3 is 0 Å². The summed E-state index contributed by atoms with van der Waals surface area (Å²) in [4.78, 5) is 27.2. The Balaban J connectivity index is 1.65. The van der Waals surface area contributed by atoms with E-state index in [4.69, 9.17) is 0 Å². The molecule has 1 heterocycles. The number of rotatable bonds is 6. The van der Waals surface area contributed by atoms with Crippen LogP contribution in [0.15, 0.2) is 47.9 Å². The Hall–Kier alpha value is -2.40. The molecule has 1 N–H and O–H groups in total. The minimum Gasteiger partial charge on any atom is -0.355 e. The minimum atomic E-state index is -0.113. The Kier molecular flexibility index (Phi) is 5.11. The molecule has 0 aliphatic heterocycles. The molecule has 1 fully saturated rings. The number of hydrogen-bond donors (Lipinski definition) is 1. The van der Waals surface area contributed by atoms with Crippen LogP contribution in [0.3, 0.4) is 0 Å². The molecule has 0 saturated heterocycles. The molecule has 3 rings (SSSR count). The SMILES string of the molecule is CNC(=O)c1ccc(/C=C/C(=O)N(Cc2cccs2)C2CC2)cc1. The van der Waals surface area contributed by atoms with E-state index in [9.17, 15) is 9.59 Å². The molecule has 2 aromatic rings. The van der Waals surface area contributed by atoms with E-state index in [2.05, 4.69) is 11.4 Å². The lowest BCUT2D eigenvalue weighted by molar-refractivity contribution is -0.127. The third-order valence-electron chi connectivity index (χ3n) is 4.00. The average molecular weight is 340 g/mol. The largest absolute Gasteiger partial charge is 0.355 e. The van der Waals surface area contributed by atoms with Crippen LogP contribution < -0.4 is 5.32 Å². The van der Waals surface area contributed by atoms with Crippen LogP contribution in [0.5, 0.6) is 0 Å².